The molecule has 0 unspecified atom stereocenters. The van der Waals surface area contributed by atoms with E-state index in [2.05, 4.69) is 36.2 Å². The average Bonchev–Trinajstić information content (AvgIpc) is 2.27. The average molecular weight is 333 g/mol. The summed E-state index contributed by atoms with van der Waals surface area (Å²) in [7, 11) is 0. The van der Waals surface area contributed by atoms with Gasteiger partial charge in [-0.1, -0.05) is 0 Å². The number of hydrogen-bond acceptors (Lipinski definition) is 7. The third kappa shape index (κ3) is 3.19. The van der Waals surface area contributed by atoms with Crippen molar-refractivity contribution in [2.75, 3.05) is 16.8 Å². The van der Waals surface area contributed by atoms with Gasteiger partial charge in [-0.3, -0.25) is 0 Å². The van der Waals surface area contributed by atoms with Gasteiger partial charge in [0.05, 0.1) is 10.2 Å². The van der Waals surface area contributed by atoms with Gasteiger partial charge in [-0.15, -0.1) is 0 Å². The normalized spacial score (nSPS) is 9.67. The zero-order chi connectivity index (χ0) is 12.4. The van der Waals surface area contributed by atoms with E-state index < -0.39 is 0 Å². The first-order chi connectivity index (χ1) is 8.06. The molecule has 0 radical (unpaired) electrons. The second kappa shape index (κ2) is 5.80. The number of rotatable bonds is 2. The molecule has 2 aromatic heterocycles. The number of nitrogen functional groups attached to an aromatic ring is 2. The lowest BCUT2D eigenvalue weighted by Crippen LogP contribution is -2.03. The van der Waals surface area contributed by atoms with Crippen LogP contribution in [0.2, 0.25) is 5.28 Å². The van der Waals surface area contributed by atoms with Crippen molar-refractivity contribution < 1.29 is 0 Å². The minimum atomic E-state index is 0. The van der Waals surface area contributed by atoms with Gasteiger partial charge in [0.15, 0.2) is 0 Å². The summed E-state index contributed by atoms with van der Waals surface area (Å²) in [5, 5.41) is 3.12. The first-order valence-corrected chi connectivity index (χ1v) is 5.70. The molecule has 7 nitrogen and oxygen atoms in total. The van der Waals surface area contributed by atoms with E-state index in [0.717, 1.165) is 0 Å². The number of aromatic nitrogens is 3. The van der Waals surface area contributed by atoms with Gasteiger partial charge in [0.2, 0.25) is 5.28 Å². The van der Waals surface area contributed by atoms with Crippen molar-refractivity contribution in [3.05, 3.63) is 28.1 Å². The van der Waals surface area contributed by atoms with Crippen LogP contribution >= 0.6 is 27.5 Å². The van der Waals surface area contributed by atoms with Crippen molar-refractivity contribution in [2.45, 2.75) is 0 Å². The fourth-order valence-corrected chi connectivity index (χ4v) is 1.58. The molecule has 18 heavy (non-hydrogen) atoms. The zero-order valence-corrected chi connectivity index (χ0v) is 11.5. The third-order valence-electron chi connectivity index (χ3n) is 1.91. The highest BCUT2D eigenvalue weighted by molar-refractivity contribution is 9.10. The molecule has 0 atom stereocenters. The monoisotopic (exact) mass is 331 g/mol. The van der Waals surface area contributed by atoms with Crippen molar-refractivity contribution in [1.82, 2.24) is 21.1 Å². The molecule has 9 heteroatoms. The minimum absolute atomic E-state index is 0. The van der Waals surface area contributed by atoms with Crippen molar-refractivity contribution in [2.24, 2.45) is 0 Å². The molecular formula is C9H11BrClN7. The van der Waals surface area contributed by atoms with Crippen LogP contribution in [0.5, 0.6) is 0 Å². The molecule has 2 aromatic rings. The number of nitrogens with two attached hydrogens (primary N) is 2. The second-order valence-corrected chi connectivity index (χ2v) is 4.32. The predicted octanol–water partition coefficient (Wildman–Crippen LogP) is 2.36. The molecular weight excluding hydrogens is 322 g/mol. The van der Waals surface area contributed by atoms with Gasteiger partial charge in [0, 0.05) is 6.20 Å². The maximum atomic E-state index is 5.71. The number of nitrogens with one attached hydrogen (secondary N) is 1. The predicted molar refractivity (Wildman–Crippen MR) is 76.1 cm³/mol. The van der Waals surface area contributed by atoms with Crippen LogP contribution in [-0.2, 0) is 0 Å². The molecule has 0 aromatic carbocycles. The van der Waals surface area contributed by atoms with E-state index >= 15 is 0 Å². The Hall–Kier alpha value is -1.64. The molecule has 8 N–H and O–H groups in total. The Bertz CT molecular complexity index is 563. The number of halogens is 2. The van der Waals surface area contributed by atoms with Crippen LogP contribution < -0.4 is 22.9 Å². The van der Waals surface area contributed by atoms with Gasteiger partial charge < -0.3 is 22.9 Å². The first kappa shape index (κ1) is 14.4. The van der Waals surface area contributed by atoms with Crippen molar-refractivity contribution in [1.29, 1.82) is 0 Å². The molecule has 0 spiro atoms. The number of anilines is 4. The van der Waals surface area contributed by atoms with Crippen LogP contribution in [-0.4, -0.2) is 15.0 Å². The summed E-state index contributed by atoms with van der Waals surface area (Å²) in [6.07, 6.45) is 1.54. The maximum absolute atomic E-state index is 5.71. The molecule has 2 rings (SSSR count). The van der Waals surface area contributed by atoms with E-state index in [0.29, 0.717) is 21.8 Å². The lowest BCUT2D eigenvalue weighted by molar-refractivity contribution is 1.15. The smallest absolute Gasteiger partial charge is 0.224 e. The van der Waals surface area contributed by atoms with Crippen LogP contribution in [0, 0.1) is 0 Å². The first-order valence-electron chi connectivity index (χ1n) is 4.53. The highest BCUT2D eigenvalue weighted by Crippen LogP contribution is 2.26. The fraction of sp³-hybridized carbons (Fsp3) is 0. The van der Waals surface area contributed by atoms with Gasteiger partial charge >= 0.3 is 0 Å². The van der Waals surface area contributed by atoms with Gasteiger partial charge in [0.1, 0.15) is 17.5 Å². The van der Waals surface area contributed by atoms with Gasteiger partial charge in [-0.05, 0) is 39.7 Å². The molecule has 96 valence electrons. The quantitative estimate of drug-likeness (QED) is 0.619. The van der Waals surface area contributed by atoms with E-state index in [1.54, 1.807) is 18.3 Å². The Morgan fingerprint density at radius 3 is 2.61 bits per heavy atom. The molecule has 0 aliphatic rings. The van der Waals surface area contributed by atoms with E-state index in [9.17, 15) is 0 Å². The Labute approximate surface area is 117 Å². The van der Waals surface area contributed by atoms with Gasteiger partial charge in [0.25, 0.3) is 0 Å². The van der Waals surface area contributed by atoms with Crippen LogP contribution in [0.25, 0.3) is 0 Å². The maximum Gasteiger partial charge on any atom is 0.224 e. The van der Waals surface area contributed by atoms with Crippen LogP contribution in [0.15, 0.2) is 22.8 Å². The molecule has 0 bridgehead atoms. The Balaban J connectivity index is 0.00000162. The highest BCUT2D eigenvalue weighted by Gasteiger charge is 2.07. The summed E-state index contributed by atoms with van der Waals surface area (Å²) < 4.78 is 0.665. The number of nitrogens with zero attached hydrogens (tertiary/aromatic N) is 3. The van der Waals surface area contributed by atoms with E-state index in [1.165, 1.54) is 0 Å². The molecule has 2 heterocycles. The molecule has 0 aliphatic heterocycles. The van der Waals surface area contributed by atoms with E-state index in [-0.39, 0.29) is 17.3 Å². The van der Waals surface area contributed by atoms with Gasteiger partial charge in [-0.25, -0.2) is 9.97 Å². The van der Waals surface area contributed by atoms with Crippen molar-refractivity contribution in [3.8, 4) is 0 Å². The van der Waals surface area contributed by atoms with Crippen LogP contribution in [0.4, 0.5) is 23.1 Å². The molecule has 0 aliphatic carbocycles. The third-order valence-corrected chi connectivity index (χ3v) is 2.68. The molecule has 0 amide bonds. The molecule has 0 saturated carbocycles. The standard InChI is InChI=1S/C9H8BrClN6.H3N/c10-4-3-14-9(11)17-8(4)15-5-1-2-6(12)16-7(5)13;/h1-3H,(H4,12,13,16)(H,14,15,17);1H3. The SMILES string of the molecule is N.Nc1ccc(Nc2nc(Cl)ncc2Br)c(N)n1. The minimum Gasteiger partial charge on any atom is -0.384 e. The van der Waals surface area contributed by atoms with Crippen LogP contribution in [0.1, 0.15) is 0 Å². The zero-order valence-electron chi connectivity index (χ0n) is 9.19. The van der Waals surface area contributed by atoms with E-state index in [1.807, 2.05) is 0 Å². The lowest BCUT2D eigenvalue weighted by atomic mass is 10.3. The van der Waals surface area contributed by atoms with Crippen molar-refractivity contribution >= 4 is 50.7 Å². The van der Waals surface area contributed by atoms with Gasteiger partial charge in [-0.2, -0.15) is 4.98 Å². The second-order valence-electron chi connectivity index (χ2n) is 3.13. The highest BCUT2D eigenvalue weighted by atomic mass is 79.9. The summed E-state index contributed by atoms with van der Waals surface area (Å²) in [5.41, 5.74) is 11.8. The number of pyridine rings is 1. The van der Waals surface area contributed by atoms with Crippen LogP contribution in [0.3, 0.4) is 0 Å². The number of hydrogen-bond donors (Lipinski definition) is 4. The summed E-state index contributed by atoms with van der Waals surface area (Å²) in [6.45, 7) is 0. The van der Waals surface area contributed by atoms with Crippen molar-refractivity contribution in [3.63, 3.8) is 0 Å². The fourth-order valence-electron chi connectivity index (χ4n) is 1.16. The molecule has 0 saturated heterocycles. The topological polar surface area (TPSA) is 138 Å². The van der Waals surface area contributed by atoms with E-state index in [4.69, 9.17) is 23.1 Å². The summed E-state index contributed by atoms with van der Waals surface area (Å²) >= 11 is 8.99. The summed E-state index contributed by atoms with van der Waals surface area (Å²) in [4.78, 5) is 11.8. The summed E-state index contributed by atoms with van der Waals surface area (Å²) in [5.74, 6) is 1.14. The Kier molecular flexibility index (Phi) is 4.65. The Morgan fingerprint density at radius 2 is 1.94 bits per heavy atom. The Morgan fingerprint density at radius 1 is 1.22 bits per heavy atom. The largest absolute Gasteiger partial charge is 0.384 e. The molecule has 0 fully saturated rings. The summed E-state index contributed by atoms with van der Waals surface area (Å²) in [6, 6.07) is 3.34. The lowest BCUT2D eigenvalue weighted by Gasteiger charge is -2.09.